The van der Waals surface area contributed by atoms with Gasteiger partial charge < -0.3 is 10.4 Å². The zero-order valence-corrected chi connectivity index (χ0v) is 11.8. The third kappa shape index (κ3) is 3.51. The van der Waals surface area contributed by atoms with E-state index in [0.29, 0.717) is 5.95 Å². The van der Waals surface area contributed by atoms with Gasteiger partial charge in [0.25, 0.3) is 0 Å². The molecule has 0 atom stereocenters. The Bertz CT molecular complexity index is 599. The average molecular weight is 322 g/mol. The molecule has 1 heterocycles. The second-order valence-electron chi connectivity index (χ2n) is 4.00. The van der Waals surface area contributed by atoms with Crippen LogP contribution in [0.3, 0.4) is 0 Å². The molecule has 5 nitrogen and oxygen atoms in total. The molecule has 0 spiro atoms. The van der Waals surface area contributed by atoms with Gasteiger partial charge in [-0.3, -0.25) is 4.79 Å². The van der Waals surface area contributed by atoms with Crippen LogP contribution in [0.2, 0.25) is 0 Å². The normalized spacial score (nSPS) is 10.2. The van der Waals surface area contributed by atoms with Crippen LogP contribution in [0.15, 0.2) is 35.1 Å². The van der Waals surface area contributed by atoms with E-state index in [2.05, 4.69) is 31.2 Å². The largest absolute Gasteiger partial charge is 0.480 e. The molecule has 0 aliphatic carbocycles. The summed E-state index contributed by atoms with van der Waals surface area (Å²) in [5.41, 5.74) is 3.05. The molecule has 98 valence electrons. The van der Waals surface area contributed by atoms with Gasteiger partial charge in [-0.25, -0.2) is 9.97 Å². The molecule has 19 heavy (non-hydrogen) atoms. The lowest BCUT2D eigenvalue weighted by molar-refractivity contribution is -0.134. The smallest absolute Gasteiger partial charge is 0.322 e. The molecule has 0 aliphatic heterocycles. The molecule has 0 unspecified atom stereocenters. The van der Waals surface area contributed by atoms with Gasteiger partial charge in [0.1, 0.15) is 6.54 Å². The summed E-state index contributed by atoms with van der Waals surface area (Å²) in [6.07, 6.45) is 3.35. The van der Waals surface area contributed by atoms with Crippen LogP contribution in [0, 0.1) is 6.92 Å². The summed E-state index contributed by atoms with van der Waals surface area (Å²) in [6, 6.07) is 5.98. The first-order valence-electron chi connectivity index (χ1n) is 5.60. The number of anilines is 1. The summed E-state index contributed by atoms with van der Waals surface area (Å²) < 4.78 is 0.987. The van der Waals surface area contributed by atoms with E-state index < -0.39 is 5.97 Å². The quantitative estimate of drug-likeness (QED) is 0.905. The van der Waals surface area contributed by atoms with Gasteiger partial charge in [0.2, 0.25) is 5.95 Å². The van der Waals surface area contributed by atoms with E-state index in [-0.39, 0.29) is 6.54 Å². The molecular weight excluding hydrogens is 310 g/mol. The molecule has 0 saturated heterocycles. The highest BCUT2D eigenvalue weighted by Gasteiger charge is 2.05. The Morgan fingerprint density at radius 2 is 2.05 bits per heavy atom. The second kappa shape index (κ2) is 5.79. The molecule has 0 saturated carbocycles. The van der Waals surface area contributed by atoms with Crippen LogP contribution in [-0.2, 0) is 4.79 Å². The highest BCUT2D eigenvalue weighted by atomic mass is 79.9. The Labute approximate surface area is 118 Å². The Kier molecular flexibility index (Phi) is 4.11. The number of hydrogen-bond acceptors (Lipinski definition) is 4. The fourth-order valence-corrected chi connectivity index (χ4v) is 1.98. The van der Waals surface area contributed by atoms with E-state index in [1.165, 1.54) is 0 Å². The van der Waals surface area contributed by atoms with Crippen LogP contribution in [-0.4, -0.2) is 27.6 Å². The highest BCUT2D eigenvalue weighted by Crippen LogP contribution is 2.25. The number of carbonyl (C=O) groups is 1. The number of aliphatic carboxylic acids is 1. The number of aromatic nitrogens is 2. The van der Waals surface area contributed by atoms with Gasteiger partial charge in [-0.1, -0.05) is 22.0 Å². The molecule has 0 amide bonds. The van der Waals surface area contributed by atoms with Crippen molar-refractivity contribution >= 4 is 27.8 Å². The minimum absolute atomic E-state index is 0.199. The SMILES string of the molecule is Cc1ccc(Br)cc1-c1cnc(NCC(=O)O)nc1. The maximum Gasteiger partial charge on any atom is 0.322 e. The lowest BCUT2D eigenvalue weighted by Crippen LogP contribution is -2.14. The van der Waals surface area contributed by atoms with Crippen molar-refractivity contribution in [2.45, 2.75) is 6.92 Å². The van der Waals surface area contributed by atoms with Crippen molar-refractivity contribution in [3.05, 3.63) is 40.6 Å². The Morgan fingerprint density at radius 1 is 1.37 bits per heavy atom. The summed E-state index contributed by atoms with van der Waals surface area (Å²) >= 11 is 3.43. The molecule has 0 bridgehead atoms. The highest BCUT2D eigenvalue weighted by molar-refractivity contribution is 9.10. The van der Waals surface area contributed by atoms with E-state index in [1.54, 1.807) is 12.4 Å². The van der Waals surface area contributed by atoms with E-state index in [0.717, 1.165) is 21.2 Å². The van der Waals surface area contributed by atoms with Gasteiger partial charge in [-0.15, -0.1) is 0 Å². The lowest BCUT2D eigenvalue weighted by atomic mass is 10.0. The van der Waals surface area contributed by atoms with Crippen LogP contribution in [0.1, 0.15) is 5.56 Å². The van der Waals surface area contributed by atoms with Gasteiger partial charge in [0.05, 0.1) is 0 Å². The van der Waals surface area contributed by atoms with Crippen molar-refractivity contribution in [2.75, 3.05) is 11.9 Å². The van der Waals surface area contributed by atoms with Crippen molar-refractivity contribution in [1.29, 1.82) is 0 Å². The third-order valence-corrected chi connectivity index (χ3v) is 3.05. The first-order valence-corrected chi connectivity index (χ1v) is 6.40. The Balaban J connectivity index is 2.22. The van der Waals surface area contributed by atoms with Gasteiger partial charge in [0.15, 0.2) is 0 Å². The number of benzene rings is 1. The number of nitrogens with zero attached hydrogens (tertiary/aromatic N) is 2. The van der Waals surface area contributed by atoms with Crippen LogP contribution >= 0.6 is 15.9 Å². The van der Waals surface area contributed by atoms with Crippen LogP contribution < -0.4 is 5.32 Å². The monoisotopic (exact) mass is 321 g/mol. The molecule has 6 heteroatoms. The van der Waals surface area contributed by atoms with Gasteiger partial charge in [-0.05, 0) is 30.2 Å². The molecule has 2 rings (SSSR count). The topological polar surface area (TPSA) is 75.1 Å². The zero-order valence-electron chi connectivity index (χ0n) is 10.2. The van der Waals surface area contributed by atoms with Gasteiger partial charge in [-0.2, -0.15) is 0 Å². The predicted molar refractivity (Wildman–Crippen MR) is 76.0 cm³/mol. The van der Waals surface area contributed by atoms with Crippen molar-refractivity contribution in [2.24, 2.45) is 0 Å². The van der Waals surface area contributed by atoms with Crippen molar-refractivity contribution in [1.82, 2.24) is 9.97 Å². The molecule has 1 aromatic carbocycles. The van der Waals surface area contributed by atoms with Crippen molar-refractivity contribution < 1.29 is 9.90 Å². The molecule has 2 aromatic rings. The first-order chi connectivity index (χ1) is 9.06. The number of hydrogen-bond donors (Lipinski definition) is 2. The third-order valence-electron chi connectivity index (χ3n) is 2.56. The summed E-state index contributed by atoms with van der Waals surface area (Å²) in [7, 11) is 0. The van der Waals surface area contributed by atoms with Crippen molar-refractivity contribution in [3.8, 4) is 11.1 Å². The standard InChI is InChI=1S/C13H12BrN3O2/c1-8-2-3-10(14)4-11(8)9-5-15-13(16-6-9)17-7-12(18)19/h2-6H,7H2,1H3,(H,18,19)(H,15,16,17). The summed E-state index contributed by atoms with van der Waals surface area (Å²) in [6.45, 7) is 1.81. The number of halogens is 1. The van der Waals surface area contributed by atoms with Crippen LogP contribution in [0.4, 0.5) is 5.95 Å². The number of aryl methyl sites for hydroxylation is 1. The Hall–Kier alpha value is -1.95. The Morgan fingerprint density at radius 3 is 2.68 bits per heavy atom. The molecule has 1 aromatic heterocycles. The molecule has 0 aliphatic rings. The number of carboxylic acids is 1. The van der Waals surface area contributed by atoms with E-state index >= 15 is 0 Å². The molecular formula is C13H12BrN3O2. The lowest BCUT2D eigenvalue weighted by Gasteiger charge is -2.07. The fraction of sp³-hybridized carbons (Fsp3) is 0.154. The maximum atomic E-state index is 10.4. The molecule has 0 radical (unpaired) electrons. The van der Waals surface area contributed by atoms with Crippen LogP contribution in [0.5, 0.6) is 0 Å². The van der Waals surface area contributed by atoms with Crippen LogP contribution in [0.25, 0.3) is 11.1 Å². The summed E-state index contributed by atoms with van der Waals surface area (Å²) in [5, 5.41) is 11.2. The minimum Gasteiger partial charge on any atom is -0.480 e. The number of carboxylic acid groups (broad SMARTS) is 1. The second-order valence-corrected chi connectivity index (χ2v) is 4.92. The minimum atomic E-state index is -0.949. The fourth-order valence-electron chi connectivity index (χ4n) is 1.62. The molecule has 0 fully saturated rings. The number of rotatable bonds is 4. The zero-order chi connectivity index (χ0) is 13.8. The van der Waals surface area contributed by atoms with Crippen molar-refractivity contribution in [3.63, 3.8) is 0 Å². The summed E-state index contributed by atoms with van der Waals surface area (Å²) in [4.78, 5) is 18.6. The average Bonchev–Trinajstić information content (AvgIpc) is 2.40. The number of nitrogens with one attached hydrogen (secondary N) is 1. The summed E-state index contributed by atoms with van der Waals surface area (Å²) in [5.74, 6) is -0.644. The van der Waals surface area contributed by atoms with E-state index in [9.17, 15) is 4.79 Å². The maximum absolute atomic E-state index is 10.4. The van der Waals surface area contributed by atoms with E-state index in [1.807, 2.05) is 25.1 Å². The predicted octanol–water partition coefficient (Wildman–Crippen LogP) is 2.71. The van der Waals surface area contributed by atoms with Gasteiger partial charge in [0, 0.05) is 22.4 Å². The first kappa shape index (κ1) is 13.5. The van der Waals surface area contributed by atoms with Gasteiger partial charge >= 0.3 is 5.97 Å². The van der Waals surface area contributed by atoms with E-state index in [4.69, 9.17) is 5.11 Å². The molecule has 2 N–H and O–H groups in total.